The normalized spacial score (nSPS) is 18.9. The van der Waals surface area contributed by atoms with Gasteiger partial charge in [-0.25, -0.2) is 0 Å². The first-order valence-electron chi connectivity index (χ1n) is 7.19. The van der Waals surface area contributed by atoms with E-state index in [0.717, 1.165) is 25.0 Å². The smallest absolute Gasteiger partial charge is 0.141 e. The minimum Gasteiger partial charge on any atom is -0.378 e. The summed E-state index contributed by atoms with van der Waals surface area (Å²) in [6.07, 6.45) is 7.15. The van der Waals surface area contributed by atoms with Gasteiger partial charge in [0.05, 0.1) is 17.7 Å². The first kappa shape index (κ1) is 14.3. The molecule has 0 saturated heterocycles. The van der Waals surface area contributed by atoms with Crippen LogP contribution >= 0.6 is 0 Å². The number of ketones is 1. The maximum Gasteiger partial charge on any atom is 0.141 e. The number of hydrogen-bond donors (Lipinski definition) is 0. The van der Waals surface area contributed by atoms with Crippen LogP contribution in [0.15, 0.2) is 12.3 Å². The van der Waals surface area contributed by atoms with Gasteiger partial charge in [0, 0.05) is 25.8 Å². The van der Waals surface area contributed by atoms with E-state index in [1.807, 2.05) is 16.9 Å². The summed E-state index contributed by atoms with van der Waals surface area (Å²) in [4.78, 5) is 12.1. The molecule has 1 aliphatic rings. The molecule has 1 atom stereocenters. The Bertz CT molecular complexity index is 430. The van der Waals surface area contributed by atoms with E-state index in [1.54, 1.807) is 7.11 Å². The predicted octanol–water partition coefficient (Wildman–Crippen LogP) is 2.92. The SMILES string of the molecule is CCC(C)n1ccc(CC(=O)CC2(OC)CCC2)n1. The Kier molecular flexibility index (Phi) is 4.40. The lowest BCUT2D eigenvalue weighted by atomic mass is 9.76. The second-order valence-electron chi connectivity index (χ2n) is 5.68. The quantitative estimate of drug-likeness (QED) is 0.760. The van der Waals surface area contributed by atoms with Gasteiger partial charge in [-0.3, -0.25) is 9.48 Å². The fraction of sp³-hybridized carbons (Fsp3) is 0.733. The van der Waals surface area contributed by atoms with Crippen molar-refractivity contribution in [2.45, 2.75) is 64.0 Å². The van der Waals surface area contributed by atoms with Gasteiger partial charge in [0.2, 0.25) is 0 Å². The highest BCUT2D eigenvalue weighted by molar-refractivity contribution is 5.81. The Morgan fingerprint density at radius 1 is 1.58 bits per heavy atom. The molecular weight excluding hydrogens is 240 g/mol. The van der Waals surface area contributed by atoms with Crippen LogP contribution in [0.2, 0.25) is 0 Å². The molecule has 1 saturated carbocycles. The van der Waals surface area contributed by atoms with Crippen LogP contribution in [0.5, 0.6) is 0 Å². The molecule has 1 fully saturated rings. The van der Waals surface area contributed by atoms with Crippen LogP contribution in [0, 0.1) is 0 Å². The fourth-order valence-electron chi connectivity index (χ4n) is 2.55. The van der Waals surface area contributed by atoms with Crippen molar-refractivity contribution in [2.75, 3.05) is 7.11 Å². The zero-order valence-corrected chi connectivity index (χ0v) is 12.2. The summed E-state index contributed by atoms with van der Waals surface area (Å²) in [5.74, 6) is 0.232. The summed E-state index contributed by atoms with van der Waals surface area (Å²) in [6.45, 7) is 4.27. The average Bonchev–Trinajstić information content (AvgIpc) is 2.81. The zero-order chi connectivity index (χ0) is 13.9. The molecule has 1 unspecified atom stereocenters. The lowest BCUT2D eigenvalue weighted by molar-refractivity contribution is -0.131. The first-order valence-corrected chi connectivity index (χ1v) is 7.19. The molecular formula is C15H24N2O2. The van der Waals surface area contributed by atoms with E-state index in [0.29, 0.717) is 18.9 Å². The molecule has 0 bridgehead atoms. The van der Waals surface area contributed by atoms with Crippen LogP contribution < -0.4 is 0 Å². The standard InChI is InChI=1S/C15H24N2O2/c1-4-12(2)17-9-6-13(16-17)10-14(18)11-15(19-3)7-5-8-15/h6,9,12H,4-5,7-8,10-11H2,1-3H3. The predicted molar refractivity (Wildman–Crippen MR) is 74.1 cm³/mol. The van der Waals surface area contributed by atoms with Gasteiger partial charge in [-0.15, -0.1) is 0 Å². The summed E-state index contributed by atoms with van der Waals surface area (Å²) in [5.41, 5.74) is 0.701. The number of Topliss-reactive ketones (excluding diaryl/α,β-unsaturated/α-hetero) is 1. The van der Waals surface area contributed by atoms with E-state index in [4.69, 9.17) is 4.74 Å². The highest BCUT2D eigenvalue weighted by Crippen LogP contribution is 2.38. The van der Waals surface area contributed by atoms with Gasteiger partial charge < -0.3 is 4.74 Å². The number of methoxy groups -OCH3 is 1. The summed E-state index contributed by atoms with van der Waals surface area (Å²) in [6, 6.07) is 2.34. The fourth-order valence-corrected chi connectivity index (χ4v) is 2.55. The molecule has 0 aliphatic heterocycles. The summed E-state index contributed by atoms with van der Waals surface area (Å²) >= 11 is 0. The second kappa shape index (κ2) is 5.87. The van der Waals surface area contributed by atoms with E-state index in [2.05, 4.69) is 18.9 Å². The number of carbonyl (C=O) groups is 1. The van der Waals surface area contributed by atoms with Gasteiger partial charge in [0.1, 0.15) is 5.78 Å². The number of nitrogens with zero attached hydrogens (tertiary/aromatic N) is 2. The van der Waals surface area contributed by atoms with E-state index in [-0.39, 0.29) is 11.4 Å². The average molecular weight is 264 g/mol. The Morgan fingerprint density at radius 2 is 2.32 bits per heavy atom. The molecule has 1 aromatic rings. The Labute approximate surface area is 115 Å². The highest BCUT2D eigenvalue weighted by Gasteiger charge is 2.38. The summed E-state index contributed by atoms with van der Waals surface area (Å²) in [5, 5.41) is 4.48. The van der Waals surface area contributed by atoms with E-state index in [9.17, 15) is 4.79 Å². The van der Waals surface area contributed by atoms with Crippen LogP contribution in [0.1, 0.15) is 57.7 Å². The van der Waals surface area contributed by atoms with Crippen molar-refractivity contribution in [3.63, 3.8) is 0 Å². The molecule has 2 rings (SSSR count). The number of rotatable bonds is 7. The molecule has 0 amide bonds. The Morgan fingerprint density at radius 3 is 2.84 bits per heavy atom. The molecule has 0 spiro atoms. The van der Waals surface area contributed by atoms with Crippen molar-refractivity contribution in [1.29, 1.82) is 0 Å². The molecule has 1 heterocycles. The zero-order valence-electron chi connectivity index (χ0n) is 12.2. The van der Waals surface area contributed by atoms with Crippen molar-refractivity contribution >= 4 is 5.78 Å². The van der Waals surface area contributed by atoms with Crippen LogP contribution in [0.4, 0.5) is 0 Å². The van der Waals surface area contributed by atoms with E-state index in [1.165, 1.54) is 6.42 Å². The van der Waals surface area contributed by atoms with Gasteiger partial charge >= 0.3 is 0 Å². The van der Waals surface area contributed by atoms with Crippen molar-refractivity contribution in [1.82, 2.24) is 9.78 Å². The molecule has 106 valence electrons. The third-order valence-corrected chi connectivity index (χ3v) is 4.30. The van der Waals surface area contributed by atoms with Crippen LogP contribution in [0.3, 0.4) is 0 Å². The summed E-state index contributed by atoms with van der Waals surface area (Å²) < 4.78 is 7.44. The lowest BCUT2D eigenvalue weighted by Gasteiger charge is -2.40. The van der Waals surface area contributed by atoms with Crippen LogP contribution in [-0.2, 0) is 16.0 Å². The molecule has 0 N–H and O–H groups in total. The third kappa shape index (κ3) is 3.24. The van der Waals surface area contributed by atoms with Gasteiger partial charge in [-0.05, 0) is 38.7 Å². The summed E-state index contributed by atoms with van der Waals surface area (Å²) in [7, 11) is 1.71. The maximum atomic E-state index is 12.1. The molecule has 0 aromatic carbocycles. The number of hydrogen-bond acceptors (Lipinski definition) is 3. The van der Waals surface area contributed by atoms with Crippen LogP contribution in [0.25, 0.3) is 0 Å². The van der Waals surface area contributed by atoms with Gasteiger partial charge in [-0.2, -0.15) is 5.10 Å². The lowest BCUT2D eigenvalue weighted by Crippen LogP contribution is -2.41. The van der Waals surface area contributed by atoms with E-state index < -0.39 is 0 Å². The number of carbonyl (C=O) groups excluding carboxylic acids is 1. The van der Waals surface area contributed by atoms with Crippen molar-refractivity contribution in [3.05, 3.63) is 18.0 Å². The number of ether oxygens (including phenoxy) is 1. The minimum atomic E-state index is -0.170. The first-order chi connectivity index (χ1) is 9.08. The minimum absolute atomic E-state index is 0.170. The van der Waals surface area contributed by atoms with Crippen molar-refractivity contribution < 1.29 is 9.53 Å². The molecule has 0 radical (unpaired) electrons. The topological polar surface area (TPSA) is 44.1 Å². The Balaban J connectivity index is 1.90. The number of aromatic nitrogens is 2. The van der Waals surface area contributed by atoms with Gasteiger partial charge in [0.15, 0.2) is 0 Å². The van der Waals surface area contributed by atoms with Crippen molar-refractivity contribution in [3.8, 4) is 0 Å². The van der Waals surface area contributed by atoms with E-state index >= 15 is 0 Å². The largest absolute Gasteiger partial charge is 0.378 e. The second-order valence-corrected chi connectivity index (χ2v) is 5.68. The molecule has 4 heteroatoms. The third-order valence-electron chi connectivity index (χ3n) is 4.30. The van der Waals surface area contributed by atoms with Crippen LogP contribution in [-0.4, -0.2) is 28.3 Å². The van der Waals surface area contributed by atoms with Crippen molar-refractivity contribution in [2.24, 2.45) is 0 Å². The maximum absolute atomic E-state index is 12.1. The monoisotopic (exact) mass is 264 g/mol. The van der Waals surface area contributed by atoms with Gasteiger partial charge in [0.25, 0.3) is 0 Å². The molecule has 4 nitrogen and oxygen atoms in total. The molecule has 1 aromatic heterocycles. The highest BCUT2D eigenvalue weighted by atomic mass is 16.5. The van der Waals surface area contributed by atoms with Gasteiger partial charge in [-0.1, -0.05) is 6.92 Å². The molecule has 19 heavy (non-hydrogen) atoms. The Hall–Kier alpha value is -1.16. The molecule has 1 aliphatic carbocycles.